The van der Waals surface area contributed by atoms with E-state index in [4.69, 9.17) is 4.74 Å². The van der Waals surface area contributed by atoms with Crippen LogP contribution >= 0.6 is 0 Å². The number of carbonyl (C=O) groups is 1. The van der Waals surface area contributed by atoms with Crippen molar-refractivity contribution in [1.82, 2.24) is 14.9 Å². The van der Waals surface area contributed by atoms with Crippen LogP contribution in [-0.2, 0) is 11.0 Å². The van der Waals surface area contributed by atoms with Crippen LogP contribution in [0.2, 0.25) is 0 Å². The molecule has 2 aromatic rings. The molecule has 1 unspecified atom stereocenters. The van der Waals surface area contributed by atoms with E-state index in [0.717, 1.165) is 6.07 Å². The highest BCUT2D eigenvalue weighted by molar-refractivity contribution is 5.95. The average Bonchev–Trinajstić information content (AvgIpc) is 2.73. The van der Waals surface area contributed by atoms with Gasteiger partial charge in [0, 0.05) is 26.2 Å². The standard InChI is InChI=1S/C19H22F3N5O2/c1-13(18(28)24-15-6-4-3-5-14(15)19(20,21)22)26-7-9-27(10-8-26)16-11-23-12-17(25-16)29-2/h3-6,11-13H,7-10H2,1-2H3,(H,24,28). The summed E-state index contributed by atoms with van der Waals surface area (Å²) >= 11 is 0. The lowest BCUT2D eigenvalue weighted by atomic mass is 10.1. The molecule has 1 aliphatic rings. The van der Waals surface area contributed by atoms with Gasteiger partial charge in [-0.1, -0.05) is 12.1 Å². The fourth-order valence-corrected chi connectivity index (χ4v) is 3.17. The van der Waals surface area contributed by atoms with Gasteiger partial charge in [0.05, 0.1) is 36.8 Å². The number of nitrogens with one attached hydrogen (secondary N) is 1. The molecular weight excluding hydrogens is 387 g/mol. The summed E-state index contributed by atoms with van der Waals surface area (Å²) in [6.45, 7) is 4.03. The Morgan fingerprint density at radius 1 is 1.17 bits per heavy atom. The molecular formula is C19H22F3N5O2. The van der Waals surface area contributed by atoms with Gasteiger partial charge in [0.25, 0.3) is 0 Å². The number of carbonyl (C=O) groups excluding carboxylic acids is 1. The first kappa shape index (κ1) is 20.8. The van der Waals surface area contributed by atoms with E-state index in [2.05, 4.69) is 15.3 Å². The SMILES string of the molecule is COc1cncc(N2CCN(C(C)C(=O)Nc3ccccc3C(F)(F)F)CC2)n1. The van der Waals surface area contributed by atoms with Gasteiger partial charge in [-0.25, -0.2) is 0 Å². The summed E-state index contributed by atoms with van der Waals surface area (Å²) in [5.74, 6) is 0.623. The van der Waals surface area contributed by atoms with Crippen LogP contribution in [0.15, 0.2) is 36.7 Å². The summed E-state index contributed by atoms with van der Waals surface area (Å²) in [6.07, 6.45) is -1.37. The number of halogens is 3. The van der Waals surface area contributed by atoms with Gasteiger partial charge in [0.2, 0.25) is 11.8 Å². The molecule has 156 valence electrons. The van der Waals surface area contributed by atoms with Crippen LogP contribution in [0.4, 0.5) is 24.7 Å². The average molecular weight is 409 g/mol. The van der Waals surface area contributed by atoms with E-state index in [9.17, 15) is 18.0 Å². The minimum Gasteiger partial charge on any atom is -0.480 e. The second kappa shape index (κ2) is 8.64. The highest BCUT2D eigenvalue weighted by Crippen LogP contribution is 2.34. The van der Waals surface area contributed by atoms with E-state index < -0.39 is 23.7 Å². The zero-order valence-corrected chi connectivity index (χ0v) is 16.1. The molecule has 1 aliphatic heterocycles. The topological polar surface area (TPSA) is 70.6 Å². The third kappa shape index (κ3) is 4.94. The van der Waals surface area contributed by atoms with Gasteiger partial charge < -0.3 is 15.0 Å². The van der Waals surface area contributed by atoms with E-state index in [1.54, 1.807) is 13.1 Å². The number of alkyl halides is 3. The number of hydrogen-bond donors (Lipinski definition) is 1. The molecule has 1 amide bonds. The Kier molecular flexibility index (Phi) is 6.21. The molecule has 1 aromatic carbocycles. The third-order valence-electron chi connectivity index (χ3n) is 4.86. The normalized spacial score (nSPS) is 16.4. The van der Waals surface area contributed by atoms with Crippen LogP contribution in [0, 0.1) is 0 Å². The zero-order chi connectivity index (χ0) is 21.0. The molecule has 0 spiro atoms. The maximum atomic E-state index is 13.1. The van der Waals surface area contributed by atoms with Crippen molar-refractivity contribution in [1.29, 1.82) is 0 Å². The van der Waals surface area contributed by atoms with Crippen molar-refractivity contribution in [2.24, 2.45) is 0 Å². The number of aromatic nitrogens is 2. The molecule has 1 saturated heterocycles. The first-order valence-electron chi connectivity index (χ1n) is 9.11. The van der Waals surface area contributed by atoms with Crippen molar-refractivity contribution < 1.29 is 22.7 Å². The summed E-state index contributed by atoms with van der Waals surface area (Å²) in [4.78, 5) is 24.9. The Balaban J connectivity index is 1.61. The zero-order valence-electron chi connectivity index (χ0n) is 16.1. The second-order valence-corrected chi connectivity index (χ2v) is 6.65. The summed E-state index contributed by atoms with van der Waals surface area (Å²) < 4.78 is 44.5. The summed E-state index contributed by atoms with van der Waals surface area (Å²) in [5.41, 5.74) is -1.09. The van der Waals surface area contributed by atoms with Crippen molar-refractivity contribution in [2.45, 2.75) is 19.1 Å². The number of para-hydroxylation sites is 1. The molecule has 0 radical (unpaired) electrons. The van der Waals surface area contributed by atoms with Gasteiger partial charge in [-0.3, -0.25) is 14.7 Å². The van der Waals surface area contributed by atoms with Crippen LogP contribution in [0.25, 0.3) is 0 Å². The molecule has 1 fully saturated rings. The third-order valence-corrected chi connectivity index (χ3v) is 4.86. The first-order valence-corrected chi connectivity index (χ1v) is 9.11. The number of ether oxygens (including phenoxy) is 1. The summed E-state index contributed by atoms with van der Waals surface area (Å²) in [7, 11) is 1.52. The Morgan fingerprint density at radius 2 is 1.86 bits per heavy atom. The summed E-state index contributed by atoms with van der Waals surface area (Å²) in [6, 6.07) is 4.39. The smallest absolute Gasteiger partial charge is 0.418 e. The lowest BCUT2D eigenvalue weighted by molar-refractivity contribution is -0.137. The molecule has 2 heterocycles. The highest BCUT2D eigenvalue weighted by atomic mass is 19.4. The number of amides is 1. The number of benzene rings is 1. The second-order valence-electron chi connectivity index (χ2n) is 6.65. The van der Waals surface area contributed by atoms with Gasteiger partial charge in [0.15, 0.2) is 5.82 Å². The van der Waals surface area contributed by atoms with Crippen molar-refractivity contribution >= 4 is 17.4 Å². The highest BCUT2D eigenvalue weighted by Gasteiger charge is 2.34. The van der Waals surface area contributed by atoms with E-state index in [1.165, 1.54) is 31.5 Å². The van der Waals surface area contributed by atoms with Gasteiger partial charge in [0.1, 0.15) is 0 Å². The number of anilines is 2. The van der Waals surface area contributed by atoms with Gasteiger partial charge in [-0.15, -0.1) is 0 Å². The Bertz CT molecular complexity index is 854. The fourth-order valence-electron chi connectivity index (χ4n) is 3.17. The summed E-state index contributed by atoms with van der Waals surface area (Å²) in [5, 5.41) is 2.42. The minimum atomic E-state index is -4.53. The Morgan fingerprint density at radius 3 is 2.52 bits per heavy atom. The molecule has 3 rings (SSSR count). The largest absolute Gasteiger partial charge is 0.480 e. The molecule has 10 heteroatoms. The predicted molar refractivity (Wildman–Crippen MR) is 102 cm³/mol. The monoisotopic (exact) mass is 409 g/mol. The molecule has 1 aromatic heterocycles. The van der Waals surface area contributed by atoms with Gasteiger partial charge in [-0.05, 0) is 19.1 Å². The Labute approximate surface area is 166 Å². The number of piperazine rings is 1. The van der Waals surface area contributed by atoms with E-state index >= 15 is 0 Å². The predicted octanol–water partition coefficient (Wildman–Crippen LogP) is 2.65. The molecule has 0 bridgehead atoms. The van der Waals surface area contributed by atoms with Crippen molar-refractivity contribution in [3.05, 3.63) is 42.2 Å². The maximum Gasteiger partial charge on any atom is 0.418 e. The van der Waals surface area contributed by atoms with Crippen LogP contribution in [0.3, 0.4) is 0 Å². The number of nitrogens with zero attached hydrogens (tertiary/aromatic N) is 4. The van der Waals surface area contributed by atoms with E-state index in [-0.39, 0.29) is 5.69 Å². The van der Waals surface area contributed by atoms with E-state index in [0.29, 0.717) is 37.9 Å². The number of hydrogen-bond acceptors (Lipinski definition) is 6. The van der Waals surface area contributed by atoms with E-state index in [1.807, 2.05) is 9.80 Å². The molecule has 1 N–H and O–H groups in total. The molecule has 0 saturated carbocycles. The van der Waals surface area contributed by atoms with Crippen LogP contribution < -0.4 is 15.0 Å². The molecule has 7 nitrogen and oxygen atoms in total. The molecule has 1 atom stereocenters. The van der Waals surface area contributed by atoms with Crippen molar-refractivity contribution in [3.63, 3.8) is 0 Å². The molecule has 0 aliphatic carbocycles. The number of rotatable bonds is 5. The fraction of sp³-hybridized carbons (Fsp3) is 0.421. The minimum absolute atomic E-state index is 0.234. The van der Waals surface area contributed by atoms with Crippen molar-refractivity contribution in [2.75, 3.05) is 43.5 Å². The van der Waals surface area contributed by atoms with Crippen LogP contribution in [0.1, 0.15) is 12.5 Å². The number of methoxy groups -OCH3 is 1. The van der Waals surface area contributed by atoms with Crippen LogP contribution in [-0.4, -0.2) is 60.1 Å². The van der Waals surface area contributed by atoms with Gasteiger partial charge >= 0.3 is 6.18 Å². The Hall–Kier alpha value is -2.88. The lowest BCUT2D eigenvalue weighted by Gasteiger charge is -2.37. The van der Waals surface area contributed by atoms with Crippen LogP contribution in [0.5, 0.6) is 5.88 Å². The van der Waals surface area contributed by atoms with Gasteiger partial charge in [-0.2, -0.15) is 18.2 Å². The maximum absolute atomic E-state index is 13.1. The lowest BCUT2D eigenvalue weighted by Crippen LogP contribution is -2.53. The quantitative estimate of drug-likeness (QED) is 0.819. The molecule has 29 heavy (non-hydrogen) atoms. The first-order chi connectivity index (χ1) is 13.8. The van der Waals surface area contributed by atoms with Crippen molar-refractivity contribution in [3.8, 4) is 5.88 Å².